The number of nitriles is 2. The highest BCUT2D eigenvalue weighted by atomic mass is 14.6. The molecule has 0 aromatic heterocycles. The van der Waals surface area contributed by atoms with Crippen molar-refractivity contribution in [3.05, 3.63) is 0 Å². The number of nitrogens with zero attached hydrogens (tertiary/aromatic N) is 2. The van der Waals surface area contributed by atoms with E-state index >= 15 is 0 Å². The molecule has 0 bridgehead atoms. The summed E-state index contributed by atoms with van der Waals surface area (Å²) in [6.07, 6.45) is 8.37. The molecule has 2 aliphatic rings. The van der Waals surface area contributed by atoms with Gasteiger partial charge in [-0.3, -0.25) is 0 Å². The highest BCUT2D eigenvalue weighted by Gasteiger charge is 2.54. The van der Waals surface area contributed by atoms with Crippen molar-refractivity contribution < 1.29 is 0 Å². The fraction of sp³-hybridized carbons (Fsp3) is 0.833. The molecule has 2 rings (SSSR count). The zero-order chi connectivity index (χ0) is 10.1. The summed E-state index contributed by atoms with van der Waals surface area (Å²) in [4.78, 5) is 0. The van der Waals surface area contributed by atoms with Crippen molar-refractivity contribution in [3.63, 3.8) is 0 Å². The molecule has 2 aliphatic carbocycles. The quantitative estimate of drug-likeness (QED) is 0.634. The third kappa shape index (κ3) is 1.07. The van der Waals surface area contributed by atoms with Gasteiger partial charge in [-0.05, 0) is 25.7 Å². The molecule has 0 aliphatic heterocycles. The van der Waals surface area contributed by atoms with Crippen molar-refractivity contribution in [2.75, 3.05) is 0 Å². The Balaban J connectivity index is 2.35. The Morgan fingerprint density at radius 2 is 0.929 bits per heavy atom. The van der Waals surface area contributed by atoms with Gasteiger partial charge in [0.2, 0.25) is 0 Å². The predicted molar refractivity (Wildman–Crippen MR) is 53.0 cm³/mol. The Hall–Kier alpha value is -1.02. The van der Waals surface area contributed by atoms with Gasteiger partial charge >= 0.3 is 0 Å². The van der Waals surface area contributed by atoms with Gasteiger partial charge in [0.1, 0.15) is 0 Å². The molecule has 0 amide bonds. The molecule has 0 atom stereocenters. The van der Waals surface area contributed by atoms with E-state index in [1.807, 2.05) is 0 Å². The molecule has 0 saturated heterocycles. The first-order valence-electron chi connectivity index (χ1n) is 5.61. The van der Waals surface area contributed by atoms with Crippen LogP contribution in [0, 0.1) is 33.5 Å². The molecule has 2 fully saturated rings. The lowest BCUT2D eigenvalue weighted by Gasteiger charge is -2.35. The first kappa shape index (κ1) is 9.53. The minimum Gasteiger partial charge on any atom is -0.198 e. The van der Waals surface area contributed by atoms with Gasteiger partial charge in [0.15, 0.2) is 0 Å². The smallest absolute Gasteiger partial charge is 0.0760 e. The normalized spacial score (nSPS) is 28.1. The van der Waals surface area contributed by atoms with Crippen LogP contribution in [0.15, 0.2) is 0 Å². The maximum Gasteiger partial charge on any atom is 0.0760 e. The van der Waals surface area contributed by atoms with E-state index in [1.165, 1.54) is 0 Å². The number of hydrogen-bond donors (Lipinski definition) is 0. The van der Waals surface area contributed by atoms with Gasteiger partial charge in [-0.1, -0.05) is 25.7 Å². The van der Waals surface area contributed by atoms with Crippen LogP contribution in [0.25, 0.3) is 0 Å². The highest BCUT2D eigenvalue weighted by Crippen LogP contribution is 2.58. The molecule has 2 heteroatoms. The minimum atomic E-state index is -0.293. The number of rotatable bonds is 1. The van der Waals surface area contributed by atoms with Crippen molar-refractivity contribution >= 4 is 0 Å². The van der Waals surface area contributed by atoms with Crippen LogP contribution >= 0.6 is 0 Å². The third-order valence-corrected chi connectivity index (χ3v) is 4.26. The first-order chi connectivity index (χ1) is 6.79. The van der Waals surface area contributed by atoms with Gasteiger partial charge in [-0.25, -0.2) is 0 Å². The molecule has 0 spiro atoms. The molecule has 14 heavy (non-hydrogen) atoms. The Morgan fingerprint density at radius 1 is 0.643 bits per heavy atom. The molecule has 0 aromatic carbocycles. The molecule has 74 valence electrons. The van der Waals surface area contributed by atoms with Gasteiger partial charge in [-0.15, -0.1) is 0 Å². The molecule has 0 unspecified atom stereocenters. The van der Waals surface area contributed by atoms with Crippen LogP contribution < -0.4 is 0 Å². The third-order valence-electron chi connectivity index (χ3n) is 4.26. The molecule has 2 saturated carbocycles. The summed E-state index contributed by atoms with van der Waals surface area (Å²) < 4.78 is 0. The van der Waals surface area contributed by atoms with E-state index in [1.54, 1.807) is 0 Å². The van der Waals surface area contributed by atoms with Gasteiger partial charge < -0.3 is 0 Å². The van der Waals surface area contributed by atoms with Gasteiger partial charge in [0.25, 0.3) is 0 Å². The SMILES string of the molecule is N#CC1(C2(C#N)CCCC2)CCCC1. The van der Waals surface area contributed by atoms with Crippen LogP contribution in [0.1, 0.15) is 51.4 Å². The molecule has 0 heterocycles. The van der Waals surface area contributed by atoms with E-state index in [4.69, 9.17) is 0 Å². The van der Waals surface area contributed by atoms with Crippen molar-refractivity contribution in [3.8, 4) is 12.1 Å². The Morgan fingerprint density at radius 3 is 1.14 bits per heavy atom. The topological polar surface area (TPSA) is 47.6 Å². The zero-order valence-electron chi connectivity index (χ0n) is 8.55. The van der Waals surface area contributed by atoms with Crippen molar-refractivity contribution in [1.29, 1.82) is 10.5 Å². The Labute approximate surface area is 85.5 Å². The van der Waals surface area contributed by atoms with E-state index in [9.17, 15) is 10.5 Å². The van der Waals surface area contributed by atoms with E-state index in [0.29, 0.717) is 0 Å². The summed E-state index contributed by atoms with van der Waals surface area (Å²) in [6, 6.07) is 4.98. The van der Waals surface area contributed by atoms with E-state index in [0.717, 1.165) is 51.4 Å². The summed E-state index contributed by atoms with van der Waals surface area (Å²) in [6.45, 7) is 0. The van der Waals surface area contributed by atoms with Crippen LogP contribution in [-0.4, -0.2) is 0 Å². The fourth-order valence-electron chi connectivity index (χ4n) is 3.35. The van der Waals surface area contributed by atoms with Crippen LogP contribution in [0.3, 0.4) is 0 Å². The van der Waals surface area contributed by atoms with E-state index in [-0.39, 0.29) is 10.8 Å². The van der Waals surface area contributed by atoms with Crippen molar-refractivity contribution in [2.24, 2.45) is 10.8 Å². The molecule has 0 aromatic rings. The lowest BCUT2D eigenvalue weighted by Crippen LogP contribution is -2.35. The fourth-order valence-corrected chi connectivity index (χ4v) is 3.35. The largest absolute Gasteiger partial charge is 0.198 e. The van der Waals surface area contributed by atoms with Crippen LogP contribution in [0.4, 0.5) is 0 Å². The number of hydrogen-bond acceptors (Lipinski definition) is 2. The second kappa shape index (κ2) is 3.28. The van der Waals surface area contributed by atoms with Crippen molar-refractivity contribution in [1.82, 2.24) is 0 Å². The second-order valence-corrected chi connectivity index (χ2v) is 4.80. The molecular formula is C12H16N2. The molecule has 0 radical (unpaired) electrons. The first-order valence-corrected chi connectivity index (χ1v) is 5.61. The molecular weight excluding hydrogens is 172 g/mol. The van der Waals surface area contributed by atoms with Crippen molar-refractivity contribution in [2.45, 2.75) is 51.4 Å². The molecule has 2 nitrogen and oxygen atoms in total. The van der Waals surface area contributed by atoms with Crippen LogP contribution in [0.2, 0.25) is 0 Å². The van der Waals surface area contributed by atoms with E-state index in [2.05, 4.69) is 12.1 Å². The van der Waals surface area contributed by atoms with Gasteiger partial charge in [0.05, 0.1) is 23.0 Å². The average Bonchev–Trinajstić information content (AvgIpc) is 2.88. The summed E-state index contributed by atoms with van der Waals surface area (Å²) in [5.74, 6) is 0. The summed E-state index contributed by atoms with van der Waals surface area (Å²) in [5, 5.41) is 18.7. The maximum atomic E-state index is 9.37. The minimum absolute atomic E-state index is 0.293. The maximum absolute atomic E-state index is 9.37. The van der Waals surface area contributed by atoms with Gasteiger partial charge in [-0.2, -0.15) is 10.5 Å². The molecule has 0 N–H and O–H groups in total. The average molecular weight is 188 g/mol. The van der Waals surface area contributed by atoms with Crippen LogP contribution in [0.5, 0.6) is 0 Å². The lowest BCUT2D eigenvalue weighted by molar-refractivity contribution is 0.168. The lowest BCUT2D eigenvalue weighted by atomic mass is 9.62. The monoisotopic (exact) mass is 188 g/mol. The summed E-state index contributed by atoms with van der Waals surface area (Å²) >= 11 is 0. The standard InChI is InChI=1S/C12H16N2/c13-9-11(5-1-2-6-11)12(10-14)7-3-4-8-12/h1-8H2. The Bertz CT molecular complexity index is 261. The van der Waals surface area contributed by atoms with Gasteiger partial charge in [0, 0.05) is 0 Å². The predicted octanol–water partition coefficient (Wildman–Crippen LogP) is 3.15. The summed E-state index contributed by atoms with van der Waals surface area (Å²) in [7, 11) is 0. The van der Waals surface area contributed by atoms with Crippen LogP contribution in [-0.2, 0) is 0 Å². The second-order valence-electron chi connectivity index (χ2n) is 4.80. The van der Waals surface area contributed by atoms with E-state index < -0.39 is 0 Å². The zero-order valence-corrected chi connectivity index (χ0v) is 8.55. The highest BCUT2D eigenvalue weighted by molar-refractivity contribution is 5.21. The summed E-state index contributed by atoms with van der Waals surface area (Å²) in [5.41, 5.74) is -0.587. The Kier molecular flexibility index (Phi) is 2.23.